The second kappa shape index (κ2) is 30.0. The number of carbonyl (C=O) groups is 1. The third kappa shape index (κ3) is 22.2. The molecule has 1 aliphatic heterocycles. The number of allylic oxidation sites excluding steroid dienone is 10. The Balaban J connectivity index is 2.25. The molecule has 9 heteroatoms. The van der Waals surface area contributed by atoms with Gasteiger partial charge in [0.1, 0.15) is 30.5 Å². The SMILES string of the molecule is CC/C=C\C/C=C\C/C=C\C/C=C\C/C=C\CCCCCCOCC(COC1OC(CO)C(O)C(O)C1O)OC(=O)CCCCCC. The fourth-order valence-electron chi connectivity index (χ4n) is 4.87. The van der Waals surface area contributed by atoms with Gasteiger partial charge in [0.15, 0.2) is 6.29 Å². The quantitative estimate of drug-likeness (QED) is 0.0426. The predicted octanol–water partition coefficient (Wildman–Crippen LogP) is 6.40. The maximum absolute atomic E-state index is 12.4. The third-order valence-corrected chi connectivity index (χ3v) is 7.70. The minimum atomic E-state index is -1.54. The Labute approximate surface area is 284 Å². The summed E-state index contributed by atoms with van der Waals surface area (Å²) in [6.45, 7) is 4.22. The first-order valence-electron chi connectivity index (χ1n) is 17.9. The van der Waals surface area contributed by atoms with Crippen LogP contribution >= 0.6 is 0 Å². The van der Waals surface area contributed by atoms with Gasteiger partial charge in [0.05, 0.1) is 19.8 Å². The molecule has 0 aromatic heterocycles. The van der Waals surface area contributed by atoms with Gasteiger partial charge in [-0.2, -0.15) is 0 Å². The summed E-state index contributed by atoms with van der Waals surface area (Å²) in [5.41, 5.74) is 0. The van der Waals surface area contributed by atoms with Crippen LogP contribution in [0.4, 0.5) is 0 Å². The largest absolute Gasteiger partial charge is 0.457 e. The molecule has 270 valence electrons. The molecule has 6 unspecified atom stereocenters. The van der Waals surface area contributed by atoms with Crippen molar-refractivity contribution in [3.8, 4) is 0 Å². The van der Waals surface area contributed by atoms with Crippen molar-refractivity contribution in [2.45, 2.75) is 147 Å². The van der Waals surface area contributed by atoms with Crippen LogP contribution in [0.1, 0.15) is 110 Å². The summed E-state index contributed by atoms with van der Waals surface area (Å²) in [6.07, 6.45) is 28.8. The van der Waals surface area contributed by atoms with E-state index in [1.807, 2.05) is 0 Å². The monoisotopic (exact) mass is 664 g/mol. The molecule has 0 spiro atoms. The molecule has 1 aliphatic rings. The first kappa shape index (κ1) is 42.9. The summed E-state index contributed by atoms with van der Waals surface area (Å²) in [4.78, 5) is 12.4. The van der Waals surface area contributed by atoms with Gasteiger partial charge in [-0.25, -0.2) is 0 Å². The van der Waals surface area contributed by atoms with Crippen molar-refractivity contribution >= 4 is 5.97 Å². The second-order valence-electron chi connectivity index (χ2n) is 11.9. The molecule has 0 aromatic rings. The van der Waals surface area contributed by atoms with Crippen LogP contribution in [0.2, 0.25) is 0 Å². The fraction of sp³-hybridized carbons (Fsp3) is 0.711. The van der Waals surface area contributed by atoms with Crippen molar-refractivity contribution in [1.29, 1.82) is 0 Å². The first-order chi connectivity index (χ1) is 22.9. The van der Waals surface area contributed by atoms with E-state index in [1.54, 1.807) is 0 Å². The van der Waals surface area contributed by atoms with Crippen LogP contribution in [0.15, 0.2) is 60.8 Å². The number of aliphatic hydroxyl groups is 4. The second-order valence-corrected chi connectivity index (χ2v) is 11.9. The van der Waals surface area contributed by atoms with Gasteiger partial charge in [0, 0.05) is 13.0 Å². The topological polar surface area (TPSA) is 135 Å². The van der Waals surface area contributed by atoms with E-state index < -0.39 is 43.4 Å². The molecule has 0 radical (unpaired) electrons. The molecule has 6 atom stereocenters. The van der Waals surface area contributed by atoms with Crippen LogP contribution in [0, 0.1) is 0 Å². The zero-order valence-corrected chi connectivity index (χ0v) is 29.0. The van der Waals surface area contributed by atoms with Crippen molar-refractivity contribution in [2.24, 2.45) is 0 Å². The summed E-state index contributed by atoms with van der Waals surface area (Å²) >= 11 is 0. The number of aliphatic hydroxyl groups excluding tert-OH is 4. The van der Waals surface area contributed by atoms with Crippen LogP contribution in [-0.2, 0) is 23.7 Å². The molecule has 0 amide bonds. The average molecular weight is 665 g/mol. The van der Waals surface area contributed by atoms with Gasteiger partial charge in [0.25, 0.3) is 0 Å². The lowest BCUT2D eigenvalue weighted by molar-refractivity contribution is -0.305. The molecule has 0 aliphatic carbocycles. The van der Waals surface area contributed by atoms with E-state index in [9.17, 15) is 25.2 Å². The van der Waals surface area contributed by atoms with Crippen molar-refractivity contribution < 1.29 is 44.2 Å². The summed E-state index contributed by atoms with van der Waals surface area (Å²) in [7, 11) is 0. The van der Waals surface area contributed by atoms with E-state index in [1.165, 1.54) is 0 Å². The van der Waals surface area contributed by atoms with Crippen LogP contribution in [0.5, 0.6) is 0 Å². The van der Waals surface area contributed by atoms with Crippen molar-refractivity contribution in [2.75, 3.05) is 26.4 Å². The summed E-state index contributed by atoms with van der Waals surface area (Å²) in [6, 6.07) is 0. The lowest BCUT2D eigenvalue weighted by Crippen LogP contribution is -2.59. The van der Waals surface area contributed by atoms with Gasteiger partial charge in [-0.1, -0.05) is 107 Å². The third-order valence-electron chi connectivity index (χ3n) is 7.70. The maximum Gasteiger partial charge on any atom is 0.306 e. The molecule has 1 heterocycles. The van der Waals surface area contributed by atoms with E-state index in [0.29, 0.717) is 13.0 Å². The van der Waals surface area contributed by atoms with Crippen molar-refractivity contribution in [1.82, 2.24) is 0 Å². The minimum Gasteiger partial charge on any atom is -0.457 e. The van der Waals surface area contributed by atoms with Gasteiger partial charge >= 0.3 is 5.97 Å². The fourth-order valence-corrected chi connectivity index (χ4v) is 4.87. The smallest absolute Gasteiger partial charge is 0.306 e. The maximum atomic E-state index is 12.4. The Hall–Kier alpha value is -2.11. The molecular weight excluding hydrogens is 600 g/mol. The summed E-state index contributed by atoms with van der Waals surface area (Å²) in [5.74, 6) is -0.345. The van der Waals surface area contributed by atoms with E-state index >= 15 is 0 Å². The number of hydrogen-bond acceptors (Lipinski definition) is 9. The Morgan fingerprint density at radius 1 is 0.702 bits per heavy atom. The Bertz CT molecular complexity index is 896. The van der Waals surface area contributed by atoms with Gasteiger partial charge in [0.2, 0.25) is 0 Å². The van der Waals surface area contributed by atoms with Gasteiger partial charge in [-0.05, 0) is 57.8 Å². The van der Waals surface area contributed by atoms with Gasteiger partial charge < -0.3 is 39.4 Å². The average Bonchev–Trinajstić information content (AvgIpc) is 3.07. The number of esters is 1. The number of hydrogen-bond donors (Lipinski definition) is 4. The normalized spacial score (nSPS) is 22.9. The molecule has 0 saturated carbocycles. The predicted molar refractivity (Wildman–Crippen MR) is 187 cm³/mol. The van der Waals surface area contributed by atoms with Crippen LogP contribution in [-0.4, -0.2) is 89.6 Å². The number of unbranched alkanes of at least 4 members (excludes halogenated alkanes) is 7. The van der Waals surface area contributed by atoms with Crippen molar-refractivity contribution in [3.05, 3.63) is 60.8 Å². The molecule has 0 bridgehead atoms. The van der Waals surface area contributed by atoms with Gasteiger partial charge in [-0.3, -0.25) is 4.79 Å². The molecular formula is C38H64O9. The van der Waals surface area contributed by atoms with E-state index in [0.717, 1.165) is 89.9 Å². The molecule has 1 rings (SSSR count). The number of carbonyl (C=O) groups excluding carboxylic acids is 1. The zero-order valence-electron chi connectivity index (χ0n) is 29.0. The zero-order chi connectivity index (χ0) is 34.4. The van der Waals surface area contributed by atoms with Crippen LogP contribution in [0.3, 0.4) is 0 Å². The molecule has 1 saturated heterocycles. The standard InChI is InChI=1S/C38H64O9/c1-3-5-7-9-10-11-12-13-14-15-16-17-18-19-20-21-22-23-24-26-28-44-30-32(46-34(40)27-25-8-6-4-2)31-45-38-37(43)36(42)35(41)33(29-39)47-38/h5,7,10-11,13-14,16-17,19-20,32-33,35-39,41-43H,3-4,6,8-9,12,15,18,21-31H2,1-2H3/b7-5-,11-10-,14-13-,17-16-,20-19-. The van der Waals surface area contributed by atoms with E-state index in [4.69, 9.17) is 18.9 Å². The highest BCUT2D eigenvalue weighted by Gasteiger charge is 2.44. The molecule has 1 fully saturated rings. The Morgan fingerprint density at radius 3 is 1.91 bits per heavy atom. The first-order valence-corrected chi connectivity index (χ1v) is 17.9. The van der Waals surface area contributed by atoms with Crippen LogP contribution in [0.25, 0.3) is 0 Å². The Kier molecular flexibility index (Phi) is 27.4. The highest BCUT2D eigenvalue weighted by atomic mass is 16.7. The summed E-state index contributed by atoms with van der Waals surface area (Å²) in [5, 5.41) is 39.7. The van der Waals surface area contributed by atoms with Crippen molar-refractivity contribution in [3.63, 3.8) is 0 Å². The lowest BCUT2D eigenvalue weighted by Gasteiger charge is -2.39. The highest BCUT2D eigenvalue weighted by molar-refractivity contribution is 5.69. The minimum absolute atomic E-state index is 0.123. The number of ether oxygens (including phenoxy) is 4. The Morgan fingerprint density at radius 2 is 1.30 bits per heavy atom. The molecule has 47 heavy (non-hydrogen) atoms. The van der Waals surface area contributed by atoms with E-state index in [-0.39, 0.29) is 19.2 Å². The molecule has 9 nitrogen and oxygen atoms in total. The lowest BCUT2D eigenvalue weighted by atomic mass is 9.99. The molecule has 4 N–H and O–H groups in total. The van der Waals surface area contributed by atoms with Crippen LogP contribution < -0.4 is 0 Å². The number of rotatable bonds is 28. The highest BCUT2D eigenvalue weighted by Crippen LogP contribution is 2.22. The molecule has 0 aromatic carbocycles. The van der Waals surface area contributed by atoms with Gasteiger partial charge in [-0.15, -0.1) is 0 Å². The summed E-state index contributed by atoms with van der Waals surface area (Å²) < 4.78 is 22.4. The van der Waals surface area contributed by atoms with E-state index in [2.05, 4.69) is 74.6 Å².